The Bertz CT molecular complexity index is 2950. The van der Waals surface area contributed by atoms with E-state index in [1.165, 1.54) is 22.7 Å². The van der Waals surface area contributed by atoms with Gasteiger partial charge in [0.2, 0.25) is 7.37 Å². The van der Waals surface area contributed by atoms with Crippen molar-refractivity contribution in [3.63, 3.8) is 0 Å². The van der Waals surface area contributed by atoms with Crippen LogP contribution in [-0.2, 0) is 13.7 Å². The molecule has 8 aromatic rings. The summed E-state index contributed by atoms with van der Waals surface area (Å²) < 4.78 is 44.8. The molecular formula is C40H36Cl2N2O9P2S2. The molecule has 57 heavy (non-hydrogen) atoms. The molecule has 0 radical (unpaired) electrons. The van der Waals surface area contributed by atoms with Crippen LogP contribution >= 0.6 is 60.8 Å². The molecule has 0 amide bonds. The third-order valence-electron chi connectivity index (χ3n) is 8.23. The van der Waals surface area contributed by atoms with Crippen molar-refractivity contribution in [3.05, 3.63) is 117 Å². The summed E-state index contributed by atoms with van der Waals surface area (Å²) >= 11 is 12.1. The van der Waals surface area contributed by atoms with Crippen LogP contribution in [0.3, 0.4) is 0 Å². The number of nitrogens with zero attached hydrogens (tertiary/aromatic N) is 2. The first-order valence-electron chi connectivity index (χ1n) is 17.1. The molecule has 0 saturated heterocycles. The standard InChI is InChI=1S/C22H22NO4PS.C17H12NO5PS.CH2Cl2/c1-13-10-11-14-16(12-13)26-21(24)18(19(14)28(5,25)27-22(2,3)4)20-23-15-8-6-7-9-17(15)29-20;1-9-6-7-10-12(8-9)23-17(19)14(15(10)24(20,21)22)16-18-11-4-2-3-5-13(11)25-16;2-1-3/h6-12H,1-5H3;2-8H,1H3,(H2,20,21,22);1H2. The normalized spacial score (nSPS) is 12.9. The first-order valence-corrected chi connectivity index (χ1v) is 23.5. The van der Waals surface area contributed by atoms with Crippen LogP contribution < -0.4 is 21.9 Å². The van der Waals surface area contributed by atoms with Crippen LogP contribution in [0, 0.1) is 13.8 Å². The van der Waals surface area contributed by atoms with E-state index >= 15 is 0 Å². The number of hydrogen-bond acceptors (Lipinski definition) is 11. The monoisotopic (exact) mass is 884 g/mol. The predicted octanol–water partition coefficient (Wildman–Crippen LogP) is 10.3. The quantitative estimate of drug-likeness (QED) is 0.0958. The molecule has 0 aliphatic heterocycles. The van der Waals surface area contributed by atoms with Gasteiger partial charge < -0.3 is 23.1 Å². The molecule has 4 heterocycles. The maximum Gasteiger partial charge on any atom is 0.357 e. The minimum atomic E-state index is -4.75. The van der Waals surface area contributed by atoms with Gasteiger partial charge in [0.05, 0.1) is 42.0 Å². The zero-order valence-electron chi connectivity index (χ0n) is 31.4. The lowest BCUT2D eigenvalue weighted by Gasteiger charge is -2.26. The van der Waals surface area contributed by atoms with Gasteiger partial charge in [0.1, 0.15) is 32.3 Å². The molecule has 2 N–H and O–H groups in total. The van der Waals surface area contributed by atoms with Crippen molar-refractivity contribution < 1.29 is 32.3 Å². The number of fused-ring (bicyclic) bond motifs is 4. The minimum Gasteiger partial charge on any atom is -0.422 e. The highest BCUT2D eigenvalue weighted by Gasteiger charge is 2.35. The predicted molar refractivity (Wildman–Crippen MR) is 234 cm³/mol. The molecule has 4 aromatic carbocycles. The molecule has 0 aliphatic carbocycles. The average molecular weight is 886 g/mol. The van der Waals surface area contributed by atoms with Gasteiger partial charge in [0.25, 0.3) is 0 Å². The number of aryl methyl sites for hydroxylation is 2. The zero-order chi connectivity index (χ0) is 41.4. The van der Waals surface area contributed by atoms with E-state index in [1.807, 2.05) is 76.2 Å². The minimum absolute atomic E-state index is 0.146. The molecule has 4 aromatic heterocycles. The van der Waals surface area contributed by atoms with E-state index in [2.05, 4.69) is 9.97 Å². The summed E-state index contributed by atoms with van der Waals surface area (Å²) in [6, 6.07) is 25.3. The number of halogens is 2. The molecule has 11 nitrogen and oxygen atoms in total. The topological polar surface area (TPSA) is 170 Å². The number of hydrogen-bond donors (Lipinski definition) is 2. The van der Waals surface area contributed by atoms with Crippen molar-refractivity contribution in [2.45, 2.75) is 40.2 Å². The molecule has 0 bridgehead atoms. The second kappa shape index (κ2) is 16.7. The summed E-state index contributed by atoms with van der Waals surface area (Å²) in [6.45, 7) is 10.8. The molecule has 0 aliphatic rings. The summed E-state index contributed by atoms with van der Waals surface area (Å²) in [4.78, 5) is 54.4. The Hall–Kier alpha value is -4.00. The fraction of sp³-hybridized carbons (Fsp3) is 0.200. The fourth-order valence-corrected chi connectivity index (χ4v) is 11.7. The Morgan fingerprint density at radius 2 is 1.11 bits per heavy atom. The molecule has 1 atom stereocenters. The van der Waals surface area contributed by atoms with E-state index in [4.69, 9.17) is 36.6 Å². The van der Waals surface area contributed by atoms with Crippen LogP contribution in [0.2, 0.25) is 0 Å². The first-order chi connectivity index (χ1) is 26.8. The van der Waals surface area contributed by atoms with Gasteiger partial charge in [-0.05, 0) is 82.1 Å². The van der Waals surface area contributed by atoms with Crippen LogP contribution in [0.15, 0.2) is 103 Å². The smallest absolute Gasteiger partial charge is 0.357 e. The molecule has 296 valence electrons. The van der Waals surface area contributed by atoms with Gasteiger partial charge in [-0.15, -0.1) is 45.9 Å². The lowest BCUT2D eigenvalue weighted by molar-refractivity contribution is 0.140. The highest BCUT2D eigenvalue weighted by atomic mass is 35.5. The summed E-state index contributed by atoms with van der Waals surface area (Å²) in [5.74, 6) is 0. The van der Waals surface area contributed by atoms with E-state index in [0.717, 1.165) is 26.0 Å². The van der Waals surface area contributed by atoms with Gasteiger partial charge >= 0.3 is 18.8 Å². The van der Waals surface area contributed by atoms with Crippen molar-refractivity contribution in [3.8, 4) is 21.1 Å². The lowest BCUT2D eigenvalue weighted by Crippen LogP contribution is -2.25. The van der Waals surface area contributed by atoms with Crippen molar-refractivity contribution in [2.24, 2.45) is 0 Å². The van der Waals surface area contributed by atoms with Gasteiger partial charge in [-0.2, -0.15) is 0 Å². The van der Waals surface area contributed by atoms with Gasteiger partial charge in [0, 0.05) is 17.4 Å². The SMILES string of the molecule is Cc1ccc2c(P(=O)(O)O)c(-c3nc4ccccc4s3)c(=O)oc2c1.Cc1ccc2c(P(C)(=O)OC(C)(C)C)c(-c3nc4ccccc4s3)c(=O)oc2c1.ClCCl. The lowest BCUT2D eigenvalue weighted by atomic mass is 10.1. The Labute approximate surface area is 344 Å². The highest BCUT2D eigenvalue weighted by Crippen LogP contribution is 2.50. The summed E-state index contributed by atoms with van der Waals surface area (Å²) in [5, 5.41) is 1.77. The third kappa shape index (κ3) is 9.34. The largest absolute Gasteiger partial charge is 0.422 e. The van der Waals surface area contributed by atoms with Crippen LogP contribution in [0.5, 0.6) is 0 Å². The second-order valence-electron chi connectivity index (χ2n) is 13.9. The van der Waals surface area contributed by atoms with E-state index < -0.39 is 31.8 Å². The van der Waals surface area contributed by atoms with Gasteiger partial charge in [-0.1, -0.05) is 48.5 Å². The Balaban J connectivity index is 0.000000182. The van der Waals surface area contributed by atoms with Crippen LogP contribution in [0.25, 0.3) is 63.5 Å². The number of para-hydroxylation sites is 2. The number of alkyl halides is 2. The van der Waals surface area contributed by atoms with Crippen LogP contribution in [-0.4, -0.2) is 37.4 Å². The molecular weight excluding hydrogens is 849 g/mol. The maximum absolute atomic E-state index is 13.9. The molecule has 1 unspecified atom stereocenters. The Morgan fingerprint density at radius 3 is 1.51 bits per heavy atom. The number of rotatable bonds is 5. The van der Waals surface area contributed by atoms with Crippen molar-refractivity contribution in [2.75, 3.05) is 12.0 Å². The third-order valence-corrected chi connectivity index (χ3v) is 13.6. The van der Waals surface area contributed by atoms with E-state index in [9.17, 15) is 28.5 Å². The highest BCUT2D eigenvalue weighted by molar-refractivity contribution is 7.67. The Kier molecular flexibility index (Phi) is 12.5. The molecule has 8 rings (SSSR count). The van der Waals surface area contributed by atoms with Gasteiger partial charge in [0.15, 0.2) is 0 Å². The van der Waals surface area contributed by atoms with E-state index in [0.29, 0.717) is 26.8 Å². The molecule has 0 spiro atoms. The second-order valence-corrected chi connectivity index (χ2v) is 20.6. The molecule has 0 saturated carbocycles. The van der Waals surface area contributed by atoms with Crippen LogP contribution in [0.1, 0.15) is 31.9 Å². The van der Waals surface area contributed by atoms with Crippen molar-refractivity contribution in [1.82, 2.24) is 9.97 Å². The molecule has 0 fully saturated rings. The fourth-order valence-electron chi connectivity index (χ4n) is 6.21. The number of thiazole rings is 2. The van der Waals surface area contributed by atoms with E-state index in [-0.39, 0.29) is 37.7 Å². The van der Waals surface area contributed by atoms with Crippen molar-refractivity contribution >= 4 is 114 Å². The number of aromatic nitrogens is 2. The van der Waals surface area contributed by atoms with Gasteiger partial charge in [-0.3, -0.25) is 9.13 Å². The maximum atomic E-state index is 13.9. The average Bonchev–Trinajstić information content (AvgIpc) is 3.74. The van der Waals surface area contributed by atoms with Crippen LogP contribution in [0.4, 0.5) is 0 Å². The summed E-state index contributed by atoms with van der Waals surface area (Å²) in [5.41, 5.74) is 1.77. The molecule has 17 heteroatoms. The van der Waals surface area contributed by atoms with E-state index in [1.54, 1.807) is 50.0 Å². The summed E-state index contributed by atoms with van der Waals surface area (Å²) in [6.07, 6.45) is 0. The Morgan fingerprint density at radius 1 is 0.702 bits per heavy atom. The first kappa shape index (κ1) is 42.6. The van der Waals surface area contributed by atoms with Crippen molar-refractivity contribution in [1.29, 1.82) is 0 Å². The van der Waals surface area contributed by atoms with Gasteiger partial charge in [-0.25, -0.2) is 19.6 Å². The summed E-state index contributed by atoms with van der Waals surface area (Å²) in [7, 11) is -8.14. The zero-order valence-corrected chi connectivity index (χ0v) is 36.3. The number of benzene rings is 4.